The summed E-state index contributed by atoms with van der Waals surface area (Å²) in [6.45, 7) is 1.46. The van der Waals surface area contributed by atoms with Crippen molar-refractivity contribution in [3.8, 4) is 6.07 Å². The molecule has 6 nitrogen and oxygen atoms in total. The summed E-state index contributed by atoms with van der Waals surface area (Å²) in [7, 11) is 2.10. The molecule has 0 unspecified atom stereocenters. The number of nitrogens with zero attached hydrogens (tertiary/aromatic N) is 3. The number of likely N-dealkylation sites (N-methyl/N-ethyl adjacent to an activating group) is 1. The van der Waals surface area contributed by atoms with E-state index < -0.39 is 4.92 Å². The summed E-state index contributed by atoms with van der Waals surface area (Å²) >= 11 is 0. The number of nitro benzene ring substituents is 1. The van der Waals surface area contributed by atoms with Gasteiger partial charge in [0.15, 0.2) is 0 Å². The predicted molar refractivity (Wildman–Crippen MR) is 81.2 cm³/mol. The second kappa shape index (κ2) is 7.04. The fourth-order valence-electron chi connectivity index (χ4n) is 2.80. The van der Waals surface area contributed by atoms with Crippen LogP contribution in [0.15, 0.2) is 18.2 Å². The minimum absolute atomic E-state index is 0.0116. The van der Waals surface area contributed by atoms with Gasteiger partial charge in [0.05, 0.1) is 16.6 Å². The van der Waals surface area contributed by atoms with Crippen LogP contribution in [-0.4, -0.2) is 36.0 Å². The van der Waals surface area contributed by atoms with Gasteiger partial charge in [-0.25, -0.2) is 0 Å². The highest BCUT2D eigenvalue weighted by Gasteiger charge is 2.19. The van der Waals surface area contributed by atoms with E-state index in [0.717, 1.165) is 6.54 Å². The highest BCUT2D eigenvalue weighted by Crippen LogP contribution is 2.25. The number of hydrogen-bond acceptors (Lipinski definition) is 5. The molecule has 0 aromatic heterocycles. The molecule has 21 heavy (non-hydrogen) atoms. The van der Waals surface area contributed by atoms with Crippen LogP contribution in [-0.2, 0) is 0 Å². The molecule has 1 saturated carbocycles. The molecule has 1 aliphatic rings. The van der Waals surface area contributed by atoms with Gasteiger partial charge in [-0.2, -0.15) is 5.26 Å². The van der Waals surface area contributed by atoms with E-state index in [1.54, 1.807) is 0 Å². The molecule has 1 N–H and O–H groups in total. The predicted octanol–water partition coefficient (Wildman–Crippen LogP) is 2.75. The van der Waals surface area contributed by atoms with Gasteiger partial charge in [-0.15, -0.1) is 0 Å². The molecular formula is C15H20N4O2. The summed E-state index contributed by atoms with van der Waals surface area (Å²) < 4.78 is 0. The van der Waals surface area contributed by atoms with Gasteiger partial charge in [0.2, 0.25) is 0 Å². The lowest BCUT2D eigenvalue weighted by Crippen LogP contribution is -2.33. The van der Waals surface area contributed by atoms with Crippen LogP contribution in [0.4, 0.5) is 11.4 Å². The smallest absolute Gasteiger partial charge is 0.292 e. The zero-order valence-corrected chi connectivity index (χ0v) is 12.2. The van der Waals surface area contributed by atoms with Crippen LogP contribution in [0.1, 0.15) is 31.2 Å². The van der Waals surface area contributed by atoms with Crippen LogP contribution in [0.25, 0.3) is 0 Å². The summed E-state index contributed by atoms with van der Waals surface area (Å²) in [5.74, 6) is 0. The fraction of sp³-hybridized carbons (Fsp3) is 0.533. The lowest BCUT2D eigenvalue weighted by atomic mass is 10.2. The van der Waals surface area contributed by atoms with Crippen LogP contribution >= 0.6 is 0 Å². The monoisotopic (exact) mass is 288 g/mol. The summed E-state index contributed by atoms with van der Waals surface area (Å²) in [5.41, 5.74) is 0.851. The molecule has 1 aromatic carbocycles. The van der Waals surface area contributed by atoms with Crippen molar-refractivity contribution in [1.82, 2.24) is 4.90 Å². The SMILES string of the molecule is CN(CCNc1cc(C#N)ccc1[N+](=O)[O-])C1CCCC1. The first-order valence-electron chi connectivity index (χ1n) is 7.24. The average Bonchev–Trinajstić information content (AvgIpc) is 3.01. The molecule has 112 valence electrons. The minimum atomic E-state index is -0.426. The Bertz CT molecular complexity index is 547. The fourth-order valence-corrected chi connectivity index (χ4v) is 2.80. The average molecular weight is 288 g/mol. The van der Waals surface area contributed by atoms with Crippen LogP contribution < -0.4 is 5.32 Å². The van der Waals surface area contributed by atoms with Gasteiger partial charge < -0.3 is 10.2 Å². The van der Waals surface area contributed by atoms with Gasteiger partial charge in [0, 0.05) is 25.2 Å². The lowest BCUT2D eigenvalue weighted by Gasteiger charge is -2.24. The van der Waals surface area contributed by atoms with Crippen molar-refractivity contribution in [2.24, 2.45) is 0 Å². The first-order chi connectivity index (χ1) is 10.1. The molecule has 1 aliphatic carbocycles. The number of nitrogens with one attached hydrogen (secondary N) is 1. The molecule has 0 heterocycles. The molecule has 0 aliphatic heterocycles. The third kappa shape index (κ3) is 3.92. The Hall–Kier alpha value is -2.13. The summed E-state index contributed by atoms with van der Waals surface area (Å²) in [6.07, 6.45) is 5.05. The number of nitro groups is 1. The van der Waals surface area contributed by atoms with Crippen molar-refractivity contribution in [1.29, 1.82) is 5.26 Å². The molecule has 1 aromatic rings. The van der Waals surface area contributed by atoms with E-state index in [4.69, 9.17) is 5.26 Å². The topological polar surface area (TPSA) is 82.2 Å². The number of hydrogen-bond donors (Lipinski definition) is 1. The van der Waals surface area contributed by atoms with Crippen molar-refractivity contribution in [2.75, 3.05) is 25.5 Å². The van der Waals surface area contributed by atoms with Gasteiger partial charge in [0.1, 0.15) is 5.69 Å². The van der Waals surface area contributed by atoms with E-state index in [1.165, 1.54) is 43.9 Å². The molecule has 0 bridgehead atoms. The molecule has 6 heteroatoms. The zero-order chi connectivity index (χ0) is 15.2. The van der Waals surface area contributed by atoms with Crippen LogP contribution in [0.2, 0.25) is 0 Å². The Balaban J connectivity index is 1.95. The Morgan fingerprint density at radius 2 is 2.19 bits per heavy atom. The van der Waals surface area contributed by atoms with Crippen LogP contribution in [0, 0.1) is 21.4 Å². The maximum atomic E-state index is 11.0. The van der Waals surface area contributed by atoms with E-state index in [0.29, 0.717) is 23.8 Å². The standard InChI is InChI=1S/C15H20N4O2/c1-18(13-4-2-3-5-13)9-8-17-14-10-12(11-16)6-7-15(14)19(20)21/h6-7,10,13,17H,2-5,8-9H2,1H3. The van der Waals surface area contributed by atoms with Gasteiger partial charge in [0.25, 0.3) is 5.69 Å². The van der Waals surface area contributed by atoms with Gasteiger partial charge >= 0.3 is 0 Å². The summed E-state index contributed by atoms with van der Waals surface area (Å²) in [5, 5.41) is 23.0. The highest BCUT2D eigenvalue weighted by atomic mass is 16.6. The highest BCUT2D eigenvalue weighted by molar-refractivity contribution is 5.64. The van der Waals surface area contributed by atoms with Crippen molar-refractivity contribution in [2.45, 2.75) is 31.7 Å². The Morgan fingerprint density at radius 1 is 1.48 bits per heavy atom. The molecule has 0 amide bonds. The van der Waals surface area contributed by atoms with Gasteiger partial charge in [-0.3, -0.25) is 10.1 Å². The van der Waals surface area contributed by atoms with Crippen molar-refractivity contribution < 1.29 is 4.92 Å². The van der Waals surface area contributed by atoms with Crippen molar-refractivity contribution in [3.63, 3.8) is 0 Å². The van der Waals surface area contributed by atoms with Crippen LogP contribution in [0.5, 0.6) is 0 Å². The minimum Gasteiger partial charge on any atom is -0.378 e. The quantitative estimate of drug-likeness (QED) is 0.643. The van der Waals surface area contributed by atoms with E-state index in [-0.39, 0.29) is 5.69 Å². The first kappa shape index (κ1) is 15.3. The Kier molecular flexibility index (Phi) is 5.12. The number of benzene rings is 1. The maximum Gasteiger partial charge on any atom is 0.292 e. The number of anilines is 1. The van der Waals surface area contributed by atoms with Crippen LogP contribution in [0.3, 0.4) is 0 Å². The number of nitriles is 1. The largest absolute Gasteiger partial charge is 0.378 e. The molecule has 0 atom stereocenters. The third-order valence-electron chi connectivity index (χ3n) is 4.05. The van der Waals surface area contributed by atoms with E-state index in [2.05, 4.69) is 17.3 Å². The lowest BCUT2D eigenvalue weighted by molar-refractivity contribution is -0.384. The van der Waals surface area contributed by atoms with E-state index >= 15 is 0 Å². The maximum absolute atomic E-state index is 11.0. The molecular weight excluding hydrogens is 268 g/mol. The second-order valence-electron chi connectivity index (χ2n) is 5.45. The molecule has 0 saturated heterocycles. The molecule has 0 radical (unpaired) electrons. The normalized spacial score (nSPS) is 15.1. The first-order valence-corrected chi connectivity index (χ1v) is 7.24. The molecule has 2 rings (SSSR count). The second-order valence-corrected chi connectivity index (χ2v) is 5.45. The van der Waals surface area contributed by atoms with E-state index in [9.17, 15) is 10.1 Å². The van der Waals surface area contributed by atoms with Gasteiger partial charge in [-0.1, -0.05) is 12.8 Å². The van der Waals surface area contributed by atoms with Crippen molar-refractivity contribution in [3.05, 3.63) is 33.9 Å². The zero-order valence-electron chi connectivity index (χ0n) is 12.2. The molecule has 0 spiro atoms. The molecule has 1 fully saturated rings. The van der Waals surface area contributed by atoms with Gasteiger partial charge in [-0.05, 0) is 32.0 Å². The Labute approximate surface area is 124 Å². The number of rotatable bonds is 6. The Morgan fingerprint density at radius 3 is 2.81 bits per heavy atom. The van der Waals surface area contributed by atoms with E-state index in [1.807, 2.05) is 6.07 Å². The van der Waals surface area contributed by atoms with Crippen molar-refractivity contribution >= 4 is 11.4 Å². The third-order valence-corrected chi connectivity index (χ3v) is 4.05. The summed E-state index contributed by atoms with van der Waals surface area (Å²) in [4.78, 5) is 12.9. The summed E-state index contributed by atoms with van der Waals surface area (Å²) in [6, 6.07) is 7.01.